The van der Waals surface area contributed by atoms with Crippen LogP contribution in [0, 0.1) is 6.92 Å². The van der Waals surface area contributed by atoms with Crippen molar-refractivity contribution in [2.75, 3.05) is 12.3 Å². The molecule has 1 aliphatic heterocycles. The molecule has 0 N–H and O–H groups in total. The maximum atomic E-state index is 12.6. The molecule has 3 rings (SSSR count). The molecule has 9 heteroatoms. The predicted octanol–water partition coefficient (Wildman–Crippen LogP) is 1.30. The van der Waals surface area contributed by atoms with E-state index in [-0.39, 0.29) is 11.7 Å². The van der Waals surface area contributed by atoms with E-state index in [4.69, 9.17) is 4.52 Å². The fourth-order valence-corrected chi connectivity index (χ4v) is 4.37. The Balaban J connectivity index is 1.91. The monoisotopic (exact) mass is 339 g/mol. The molecule has 1 aliphatic rings. The van der Waals surface area contributed by atoms with Crippen molar-refractivity contribution in [3.05, 3.63) is 29.7 Å². The van der Waals surface area contributed by atoms with Gasteiger partial charge < -0.3 is 4.52 Å². The Morgan fingerprint density at radius 2 is 2.22 bits per heavy atom. The first-order chi connectivity index (χ1) is 11.0. The van der Waals surface area contributed by atoms with Crippen LogP contribution in [0.4, 0.5) is 0 Å². The molecule has 0 saturated carbocycles. The molecule has 3 heterocycles. The average Bonchev–Trinajstić information content (AvgIpc) is 3.09. The largest absolute Gasteiger partial charge is 0.339 e. The van der Waals surface area contributed by atoms with Crippen molar-refractivity contribution in [2.24, 2.45) is 0 Å². The van der Waals surface area contributed by atoms with Gasteiger partial charge in [0.25, 0.3) is 0 Å². The standard InChI is InChI=1S/C14H21N5O3S/c1-3-4-7-23(20,21)18-8-12(14-16-11(2)17-22-14)9-19-13(10-18)5-6-15-19/h5-6,12H,3-4,7-10H2,1-2H3/t12-/m1/s1. The van der Waals surface area contributed by atoms with Crippen LogP contribution < -0.4 is 0 Å². The summed E-state index contributed by atoms with van der Waals surface area (Å²) < 4.78 is 33.9. The fraction of sp³-hybridized carbons (Fsp3) is 0.643. The van der Waals surface area contributed by atoms with E-state index in [1.54, 1.807) is 13.1 Å². The lowest BCUT2D eigenvalue weighted by Crippen LogP contribution is -2.35. The van der Waals surface area contributed by atoms with Crippen molar-refractivity contribution in [3.8, 4) is 0 Å². The fourth-order valence-electron chi connectivity index (χ4n) is 2.72. The highest BCUT2D eigenvalue weighted by Crippen LogP contribution is 2.25. The Kier molecular flexibility index (Phi) is 4.49. The van der Waals surface area contributed by atoms with Gasteiger partial charge in [-0.1, -0.05) is 18.5 Å². The summed E-state index contributed by atoms with van der Waals surface area (Å²) in [5.41, 5.74) is 0.879. The molecule has 0 unspecified atom stereocenters. The van der Waals surface area contributed by atoms with E-state index in [1.807, 2.05) is 17.7 Å². The number of rotatable bonds is 5. The molecule has 0 aromatic carbocycles. The van der Waals surface area contributed by atoms with Crippen LogP contribution in [0.2, 0.25) is 0 Å². The van der Waals surface area contributed by atoms with Crippen molar-refractivity contribution >= 4 is 10.0 Å². The van der Waals surface area contributed by atoms with Crippen LogP contribution >= 0.6 is 0 Å². The molecule has 1 atom stereocenters. The van der Waals surface area contributed by atoms with E-state index >= 15 is 0 Å². The van der Waals surface area contributed by atoms with Gasteiger partial charge in [-0.3, -0.25) is 4.68 Å². The number of aryl methyl sites for hydroxylation is 1. The number of nitrogens with zero attached hydrogens (tertiary/aromatic N) is 5. The number of hydrogen-bond acceptors (Lipinski definition) is 6. The molecule has 0 radical (unpaired) electrons. The first-order valence-electron chi connectivity index (χ1n) is 7.78. The van der Waals surface area contributed by atoms with E-state index in [2.05, 4.69) is 15.2 Å². The van der Waals surface area contributed by atoms with Gasteiger partial charge in [-0.2, -0.15) is 14.4 Å². The van der Waals surface area contributed by atoms with Crippen molar-refractivity contribution in [2.45, 2.75) is 45.7 Å². The normalized spacial score (nSPS) is 19.5. The molecule has 23 heavy (non-hydrogen) atoms. The van der Waals surface area contributed by atoms with Crippen LogP contribution in [0.25, 0.3) is 0 Å². The van der Waals surface area contributed by atoms with Crippen LogP contribution in [0.15, 0.2) is 16.8 Å². The Hall–Kier alpha value is -1.74. The lowest BCUT2D eigenvalue weighted by Gasteiger charge is -2.21. The van der Waals surface area contributed by atoms with Gasteiger partial charge in [0.1, 0.15) is 0 Å². The number of aromatic nitrogens is 4. The molecule has 0 amide bonds. The predicted molar refractivity (Wildman–Crippen MR) is 83.1 cm³/mol. The molecule has 2 aromatic heterocycles. The molecule has 0 saturated heterocycles. The Morgan fingerprint density at radius 3 is 2.91 bits per heavy atom. The van der Waals surface area contributed by atoms with Gasteiger partial charge in [-0.25, -0.2) is 8.42 Å². The number of fused-ring (bicyclic) bond motifs is 1. The van der Waals surface area contributed by atoms with E-state index in [0.717, 1.165) is 12.1 Å². The Labute approximate surface area is 135 Å². The maximum absolute atomic E-state index is 12.6. The van der Waals surface area contributed by atoms with Crippen molar-refractivity contribution in [1.29, 1.82) is 0 Å². The molecule has 0 aliphatic carbocycles. The summed E-state index contributed by atoms with van der Waals surface area (Å²) in [7, 11) is -3.32. The third-order valence-electron chi connectivity index (χ3n) is 4.00. The van der Waals surface area contributed by atoms with Crippen molar-refractivity contribution in [1.82, 2.24) is 24.2 Å². The zero-order chi connectivity index (χ0) is 16.4. The van der Waals surface area contributed by atoms with Crippen LogP contribution in [0.3, 0.4) is 0 Å². The molecule has 8 nitrogen and oxygen atoms in total. The third kappa shape index (κ3) is 3.45. The minimum Gasteiger partial charge on any atom is -0.339 e. The molecule has 0 bridgehead atoms. The van der Waals surface area contributed by atoms with Crippen LogP contribution in [0.1, 0.15) is 43.1 Å². The third-order valence-corrected chi connectivity index (χ3v) is 5.87. The van der Waals surface area contributed by atoms with Crippen molar-refractivity contribution in [3.63, 3.8) is 0 Å². The van der Waals surface area contributed by atoms with Gasteiger partial charge in [0.15, 0.2) is 5.82 Å². The second-order valence-electron chi connectivity index (χ2n) is 5.84. The van der Waals surface area contributed by atoms with Gasteiger partial charge in [-0.05, 0) is 19.4 Å². The number of sulfonamides is 1. The highest BCUT2D eigenvalue weighted by Gasteiger charge is 2.32. The second-order valence-corrected chi connectivity index (χ2v) is 7.93. The summed E-state index contributed by atoms with van der Waals surface area (Å²) in [6.07, 6.45) is 3.19. The zero-order valence-corrected chi connectivity index (χ0v) is 14.2. The quantitative estimate of drug-likeness (QED) is 0.815. The lowest BCUT2D eigenvalue weighted by molar-refractivity contribution is 0.306. The van der Waals surface area contributed by atoms with E-state index in [9.17, 15) is 8.42 Å². The highest BCUT2D eigenvalue weighted by atomic mass is 32.2. The van der Waals surface area contributed by atoms with Gasteiger partial charge in [0.2, 0.25) is 15.9 Å². The SMILES string of the molecule is CCCCS(=O)(=O)N1Cc2ccnn2C[C@H](c2nc(C)no2)C1. The lowest BCUT2D eigenvalue weighted by atomic mass is 10.1. The van der Waals surface area contributed by atoms with E-state index in [1.165, 1.54) is 4.31 Å². The smallest absolute Gasteiger partial charge is 0.232 e. The summed E-state index contributed by atoms with van der Waals surface area (Å²) >= 11 is 0. The molecule has 2 aromatic rings. The van der Waals surface area contributed by atoms with Crippen LogP contribution in [-0.4, -0.2) is 44.9 Å². The molecule has 0 spiro atoms. The summed E-state index contributed by atoms with van der Waals surface area (Å²) in [6.45, 7) is 4.92. The number of unbranched alkanes of at least 4 members (excludes halogenated alkanes) is 1. The molecular weight excluding hydrogens is 318 g/mol. The minimum atomic E-state index is -3.32. The first-order valence-corrected chi connectivity index (χ1v) is 9.39. The summed E-state index contributed by atoms with van der Waals surface area (Å²) in [5, 5.41) is 8.10. The topological polar surface area (TPSA) is 94.1 Å². The average molecular weight is 339 g/mol. The van der Waals surface area contributed by atoms with Gasteiger partial charge >= 0.3 is 0 Å². The zero-order valence-electron chi connectivity index (χ0n) is 13.3. The van der Waals surface area contributed by atoms with Crippen molar-refractivity contribution < 1.29 is 12.9 Å². The van der Waals surface area contributed by atoms with Gasteiger partial charge in [0, 0.05) is 12.7 Å². The number of hydrogen-bond donors (Lipinski definition) is 0. The van der Waals surface area contributed by atoms with Crippen LogP contribution in [0.5, 0.6) is 0 Å². The first kappa shape index (κ1) is 16.1. The Morgan fingerprint density at radius 1 is 1.39 bits per heavy atom. The summed E-state index contributed by atoms with van der Waals surface area (Å²) in [4.78, 5) is 4.27. The van der Waals surface area contributed by atoms with E-state index < -0.39 is 10.0 Å². The summed E-state index contributed by atoms with van der Waals surface area (Å²) in [6, 6.07) is 1.85. The van der Waals surface area contributed by atoms with Gasteiger partial charge in [-0.15, -0.1) is 0 Å². The summed E-state index contributed by atoms with van der Waals surface area (Å²) in [5.74, 6) is 0.966. The minimum absolute atomic E-state index is 0.160. The van der Waals surface area contributed by atoms with E-state index in [0.29, 0.717) is 37.8 Å². The molecule has 126 valence electrons. The maximum Gasteiger partial charge on any atom is 0.232 e. The molecular formula is C14H21N5O3S. The van der Waals surface area contributed by atoms with Crippen LogP contribution in [-0.2, 0) is 23.1 Å². The highest BCUT2D eigenvalue weighted by molar-refractivity contribution is 7.89. The molecule has 0 fully saturated rings. The second kappa shape index (κ2) is 6.40. The Bertz CT molecular complexity index is 767. The van der Waals surface area contributed by atoms with Gasteiger partial charge in [0.05, 0.1) is 30.5 Å².